The number of carbonyl (C=O) groups excluding carboxylic acids is 1. The van der Waals surface area contributed by atoms with E-state index in [0.717, 1.165) is 25.1 Å². The average molecular weight is 324 g/mol. The maximum Gasteiger partial charge on any atom is 0.225 e. The van der Waals surface area contributed by atoms with Crippen molar-refractivity contribution < 1.29 is 4.79 Å². The first-order valence-corrected chi connectivity index (χ1v) is 8.81. The minimum atomic E-state index is 0.0721. The van der Waals surface area contributed by atoms with E-state index in [4.69, 9.17) is 0 Å². The Hall–Kier alpha value is -2.13. The molecule has 24 heavy (non-hydrogen) atoms. The highest BCUT2D eigenvalue weighted by atomic mass is 16.1. The van der Waals surface area contributed by atoms with E-state index in [2.05, 4.69) is 61.7 Å². The molecule has 2 N–H and O–H groups in total. The first kappa shape index (κ1) is 18.2. The van der Waals surface area contributed by atoms with Crippen molar-refractivity contribution in [2.45, 2.75) is 46.6 Å². The van der Waals surface area contributed by atoms with Crippen LogP contribution in [0.4, 0.5) is 5.69 Å². The van der Waals surface area contributed by atoms with Gasteiger partial charge in [0.25, 0.3) is 0 Å². The van der Waals surface area contributed by atoms with Gasteiger partial charge in [-0.3, -0.25) is 4.79 Å². The largest absolute Gasteiger partial charge is 0.326 e. The summed E-state index contributed by atoms with van der Waals surface area (Å²) in [5.74, 6) is 0.0721. The van der Waals surface area contributed by atoms with Crippen LogP contribution in [0.3, 0.4) is 0 Å². The Labute approximate surface area is 145 Å². The fraction of sp³-hybridized carbons (Fsp3) is 0.381. The molecule has 3 nitrogen and oxygen atoms in total. The molecule has 0 aliphatic heterocycles. The Bertz CT molecular complexity index is 657. The van der Waals surface area contributed by atoms with Gasteiger partial charge < -0.3 is 10.6 Å². The van der Waals surface area contributed by atoms with E-state index in [-0.39, 0.29) is 5.91 Å². The topological polar surface area (TPSA) is 41.1 Å². The number of carbonyl (C=O) groups is 1. The summed E-state index contributed by atoms with van der Waals surface area (Å²) in [6.45, 7) is 7.82. The zero-order chi connectivity index (χ0) is 17.4. The van der Waals surface area contributed by atoms with E-state index >= 15 is 0 Å². The maximum atomic E-state index is 12.3. The van der Waals surface area contributed by atoms with Crippen LogP contribution in [0, 0.1) is 6.92 Å². The lowest BCUT2D eigenvalue weighted by molar-refractivity contribution is -0.116. The molecule has 3 heteroatoms. The number of amides is 1. The van der Waals surface area contributed by atoms with E-state index in [1.54, 1.807) is 0 Å². The molecule has 2 rings (SSSR count). The highest BCUT2D eigenvalue weighted by Crippen LogP contribution is 2.22. The van der Waals surface area contributed by atoms with Crippen LogP contribution < -0.4 is 10.6 Å². The smallest absolute Gasteiger partial charge is 0.225 e. The van der Waals surface area contributed by atoms with E-state index in [1.807, 2.05) is 12.1 Å². The molecule has 0 radical (unpaired) electrons. The molecule has 0 spiro atoms. The molecule has 0 atom stereocenters. The van der Waals surface area contributed by atoms with Crippen LogP contribution in [0.25, 0.3) is 0 Å². The van der Waals surface area contributed by atoms with Crippen molar-refractivity contribution in [3.63, 3.8) is 0 Å². The fourth-order valence-corrected chi connectivity index (χ4v) is 2.84. The Morgan fingerprint density at radius 2 is 1.54 bits per heavy atom. The highest BCUT2D eigenvalue weighted by molar-refractivity contribution is 5.92. The minimum absolute atomic E-state index is 0.0721. The van der Waals surface area contributed by atoms with Crippen LogP contribution in [-0.4, -0.2) is 12.5 Å². The second-order valence-corrected chi connectivity index (χ2v) is 6.06. The van der Waals surface area contributed by atoms with Gasteiger partial charge in [0.15, 0.2) is 0 Å². The minimum Gasteiger partial charge on any atom is -0.326 e. The van der Waals surface area contributed by atoms with Gasteiger partial charge in [0.2, 0.25) is 5.91 Å². The van der Waals surface area contributed by atoms with Crippen LogP contribution in [0.15, 0.2) is 42.5 Å². The Morgan fingerprint density at radius 1 is 0.917 bits per heavy atom. The van der Waals surface area contributed by atoms with Gasteiger partial charge >= 0.3 is 0 Å². The van der Waals surface area contributed by atoms with Crippen molar-refractivity contribution >= 4 is 11.6 Å². The molecule has 0 fully saturated rings. The molecule has 2 aromatic rings. The van der Waals surface area contributed by atoms with E-state index in [0.29, 0.717) is 13.0 Å². The van der Waals surface area contributed by atoms with Crippen LogP contribution in [0.1, 0.15) is 42.5 Å². The van der Waals surface area contributed by atoms with Crippen LogP contribution in [-0.2, 0) is 24.2 Å². The second-order valence-electron chi connectivity index (χ2n) is 6.06. The van der Waals surface area contributed by atoms with Crippen molar-refractivity contribution in [1.29, 1.82) is 0 Å². The molecule has 0 heterocycles. The quantitative estimate of drug-likeness (QED) is 0.713. The van der Waals surface area contributed by atoms with Gasteiger partial charge in [-0.15, -0.1) is 0 Å². The number of hydrogen-bond acceptors (Lipinski definition) is 2. The van der Waals surface area contributed by atoms with Crippen LogP contribution in [0.5, 0.6) is 0 Å². The monoisotopic (exact) mass is 324 g/mol. The summed E-state index contributed by atoms with van der Waals surface area (Å²) < 4.78 is 0. The van der Waals surface area contributed by atoms with E-state index in [9.17, 15) is 4.79 Å². The number of para-hydroxylation sites is 1. The number of aryl methyl sites for hydroxylation is 3. The van der Waals surface area contributed by atoms with E-state index < -0.39 is 0 Å². The van der Waals surface area contributed by atoms with Gasteiger partial charge in [-0.1, -0.05) is 56.3 Å². The molecule has 0 unspecified atom stereocenters. The number of anilines is 1. The summed E-state index contributed by atoms with van der Waals surface area (Å²) in [4.78, 5) is 12.3. The standard InChI is InChI=1S/C21H28N2O/c1-4-17-11-8-12-18(5-2)21(17)23-20(24)13-14-22-15-19-10-7-6-9-16(19)3/h6-12,22H,4-5,13-15H2,1-3H3,(H,23,24). The normalized spacial score (nSPS) is 10.6. The predicted octanol–water partition coefficient (Wildman–Crippen LogP) is 4.24. The maximum absolute atomic E-state index is 12.3. The first-order chi connectivity index (χ1) is 11.7. The first-order valence-electron chi connectivity index (χ1n) is 8.81. The van der Waals surface area contributed by atoms with Crippen LogP contribution in [0.2, 0.25) is 0 Å². The number of hydrogen-bond donors (Lipinski definition) is 2. The lowest BCUT2D eigenvalue weighted by Gasteiger charge is -2.14. The molecule has 0 bridgehead atoms. The molecule has 2 aromatic carbocycles. The number of nitrogens with one attached hydrogen (secondary N) is 2. The van der Waals surface area contributed by atoms with E-state index in [1.165, 1.54) is 22.3 Å². The summed E-state index contributed by atoms with van der Waals surface area (Å²) in [6.07, 6.45) is 2.33. The molecule has 128 valence electrons. The Balaban J connectivity index is 1.85. The number of benzene rings is 2. The molecule has 1 amide bonds. The van der Waals surface area contributed by atoms with Gasteiger partial charge in [0.05, 0.1) is 0 Å². The van der Waals surface area contributed by atoms with Gasteiger partial charge in [-0.2, -0.15) is 0 Å². The van der Waals surface area contributed by atoms with Crippen molar-refractivity contribution in [3.05, 3.63) is 64.7 Å². The average Bonchev–Trinajstić information content (AvgIpc) is 2.60. The third-order valence-electron chi connectivity index (χ3n) is 4.37. The van der Waals surface area contributed by atoms with Crippen molar-refractivity contribution in [3.8, 4) is 0 Å². The highest BCUT2D eigenvalue weighted by Gasteiger charge is 2.09. The number of rotatable bonds is 8. The lowest BCUT2D eigenvalue weighted by atomic mass is 10.0. The predicted molar refractivity (Wildman–Crippen MR) is 101 cm³/mol. The Morgan fingerprint density at radius 3 is 2.17 bits per heavy atom. The summed E-state index contributed by atoms with van der Waals surface area (Å²) in [7, 11) is 0. The molecular weight excluding hydrogens is 296 g/mol. The summed E-state index contributed by atoms with van der Waals surface area (Å²) in [6, 6.07) is 14.6. The van der Waals surface area contributed by atoms with Crippen molar-refractivity contribution in [1.82, 2.24) is 5.32 Å². The molecule has 0 saturated heterocycles. The SMILES string of the molecule is CCc1cccc(CC)c1NC(=O)CCNCc1ccccc1C. The third-order valence-corrected chi connectivity index (χ3v) is 4.37. The third kappa shape index (κ3) is 4.93. The molecule has 0 saturated carbocycles. The fourth-order valence-electron chi connectivity index (χ4n) is 2.84. The molecule has 0 aromatic heterocycles. The van der Waals surface area contributed by atoms with Gasteiger partial charge in [-0.25, -0.2) is 0 Å². The lowest BCUT2D eigenvalue weighted by Crippen LogP contribution is -2.22. The molecule has 0 aliphatic carbocycles. The Kier molecular flexibility index (Phi) is 7.01. The molecule has 0 aliphatic rings. The molecular formula is C21H28N2O. The van der Waals surface area contributed by atoms with Gasteiger partial charge in [0, 0.05) is 25.2 Å². The van der Waals surface area contributed by atoms with Gasteiger partial charge in [-0.05, 0) is 42.0 Å². The zero-order valence-electron chi connectivity index (χ0n) is 15.0. The van der Waals surface area contributed by atoms with Crippen molar-refractivity contribution in [2.75, 3.05) is 11.9 Å². The summed E-state index contributed by atoms with van der Waals surface area (Å²) in [5, 5.41) is 6.47. The summed E-state index contributed by atoms with van der Waals surface area (Å²) >= 11 is 0. The zero-order valence-corrected chi connectivity index (χ0v) is 15.0. The summed E-state index contributed by atoms with van der Waals surface area (Å²) in [5.41, 5.74) is 5.97. The second kappa shape index (κ2) is 9.24. The van der Waals surface area contributed by atoms with Gasteiger partial charge in [0.1, 0.15) is 0 Å². The van der Waals surface area contributed by atoms with Crippen molar-refractivity contribution in [2.24, 2.45) is 0 Å². The van der Waals surface area contributed by atoms with Crippen LogP contribution >= 0.6 is 0 Å².